The van der Waals surface area contributed by atoms with Gasteiger partial charge in [-0.15, -0.1) is 11.3 Å². The van der Waals surface area contributed by atoms with Gasteiger partial charge in [0.15, 0.2) is 9.84 Å². The Labute approximate surface area is 115 Å². The van der Waals surface area contributed by atoms with Crippen molar-refractivity contribution in [2.75, 3.05) is 18.1 Å². The summed E-state index contributed by atoms with van der Waals surface area (Å²) >= 11 is 1.71. The summed E-state index contributed by atoms with van der Waals surface area (Å²) in [7, 11) is -2.86. The number of nitrogens with one attached hydrogen (secondary N) is 1. The molecule has 0 atom stereocenters. The molecule has 3 nitrogen and oxygen atoms in total. The monoisotopic (exact) mass is 289 g/mol. The molecule has 18 heavy (non-hydrogen) atoms. The summed E-state index contributed by atoms with van der Waals surface area (Å²) in [6, 6.07) is 2.09. The maximum Gasteiger partial charge on any atom is 0.151 e. The van der Waals surface area contributed by atoms with Crippen LogP contribution in [-0.4, -0.2) is 26.5 Å². The molecule has 1 aromatic rings. The standard InChI is InChI=1S/C13H23NO2S2/c1-3-4-5-9-18(15,16)10-7-14-11-13-12(2)6-8-17-13/h6,8,14H,3-5,7,9-11H2,1-2H3. The summed E-state index contributed by atoms with van der Waals surface area (Å²) in [6.45, 7) is 5.48. The molecule has 0 aliphatic heterocycles. The van der Waals surface area contributed by atoms with Gasteiger partial charge in [-0.25, -0.2) is 8.42 Å². The minimum absolute atomic E-state index is 0.251. The van der Waals surface area contributed by atoms with Crippen LogP contribution in [0.2, 0.25) is 0 Å². The van der Waals surface area contributed by atoms with Crippen molar-refractivity contribution >= 4 is 21.2 Å². The Morgan fingerprint density at radius 2 is 2.06 bits per heavy atom. The molecule has 104 valence electrons. The van der Waals surface area contributed by atoms with Crippen molar-refractivity contribution in [2.45, 2.75) is 39.7 Å². The molecule has 0 radical (unpaired) electrons. The lowest BCUT2D eigenvalue weighted by molar-refractivity contribution is 0.586. The molecule has 0 bridgehead atoms. The lowest BCUT2D eigenvalue weighted by Crippen LogP contribution is -2.24. The molecule has 5 heteroatoms. The van der Waals surface area contributed by atoms with Gasteiger partial charge in [0.2, 0.25) is 0 Å². The smallest absolute Gasteiger partial charge is 0.151 e. The number of sulfone groups is 1. The van der Waals surface area contributed by atoms with Crippen LogP contribution < -0.4 is 5.32 Å². The second-order valence-electron chi connectivity index (χ2n) is 4.56. The first-order valence-corrected chi connectivity index (χ1v) is 9.19. The largest absolute Gasteiger partial charge is 0.311 e. The average Bonchev–Trinajstić information content (AvgIpc) is 2.71. The van der Waals surface area contributed by atoms with Gasteiger partial charge < -0.3 is 5.32 Å². The molecule has 0 aromatic carbocycles. The van der Waals surface area contributed by atoms with Gasteiger partial charge >= 0.3 is 0 Å². The van der Waals surface area contributed by atoms with Crippen LogP contribution in [0.4, 0.5) is 0 Å². The molecule has 0 saturated heterocycles. The Kier molecular flexibility index (Phi) is 6.89. The Hall–Kier alpha value is -0.390. The van der Waals surface area contributed by atoms with Gasteiger partial charge in [0.1, 0.15) is 0 Å². The lowest BCUT2D eigenvalue weighted by Gasteiger charge is -2.06. The molecule has 0 amide bonds. The van der Waals surface area contributed by atoms with Gasteiger partial charge in [-0.1, -0.05) is 19.8 Å². The molecular formula is C13H23NO2S2. The van der Waals surface area contributed by atoms with E-state index in [2.05, 4.69) is 30.6 Å². The summed E-state index contributed by atoms with van der Waals surface area (Å²) in [4.78, 5) is 1.29. The van der Waals surface area contributed by atoms with E-state index >= 15 is 0 Å². The first-order chi connectivity index (χ1) is 8.55. The molecule has 1 N–H and O–H groups in total. The maximum atomic E-state index is 11.7. The summed E-state index contributed by atoms with van der Waals surface area (Å²) in [5.41, 5.74) is 1.28. The van der Waals surface area contributed by atoms with Crippen LogP contribution in [0.5, 0.6) is 0 Å². The number of rotatable bonds is 9. The van der Waals surface area contributed by atoms with Crippen molar-refractivity contribution in [1.82, 2.24) is 5.32 Å². The van der Waals surface area contributed by atoms with Crippen molar-refractivity contribution in [1.29, 1.82) is 0 Å². The third-order valence-corrected chi connectivity index (χ3v) is 5.66. The van der Waals surface area contributed by atoms with Crippen LogP contribution in [0.1, 0.15) is 36.6 Å². The summed E-state index contributed by atoms with van der Waals surface area (Å²) in [5.74, 6) is 0.585. The predicted molar refractivity (Wildman–Crippen MR) is 78.9 cm³/mol. The molecule has 1 aromatic heterocycles. The maximum absolute atomic E-state index is 11.7. The fourth-order valence-electron chi connectivity index (χ4n) is 1.69. The van der Waals surface area contributed by atoms with Crippen LogP contribution in [0, 0.1) is 6.92 Å². The van der Waals surface area contributed by atoms with Crippen molar-refractivity contribution in [3.8, 4) is 0 Å². The summed E-state index contributed by atoms with van der Waals surface area (Å²) in [6.07, 6.45) is 2.86. The quantitative estimate of drug-likeness (QED) is 0.711. The second-order valence-corrected chi connectivity index (χ2v) is 7.87. The highest BCUT2D eigenvalue weighted by Gasteiger charge is 2.09. The lowest BCUT2D eigenvalue weighted by atomic mass is 10.3. The summed E-state index contributed by atoms with van der Waals surface area (Å²) < 4.78 is 23.4. The van der Waals surface area contributed by atoms with Gasteiger partial charge in [0.25, 0.3) is 0 Å². The van der Waals surface area contributed by atoms with Gasteiger partial charge in [0, 0.05) is 18.0 Å². The van der Waals surface area contributed by atoms with Crippen LogP contribution in [0.25, 0.3) is 0 Å². The van der Waals surface area contributed by atoms with E-state index in [1.54, 1.807) is 11.3 Å². The van der Waals surface area contributed by atoms with E-state index in [9.17, 15) is 8.42 Å². The number of hydrogen-bond donors (Lipinski definition) is 1. The zero-order valence-corrected chi connectivity index (χ0v) is 12.9. The van der Waals surface area contributed by atoms with E-state index < -0.39 is 9.84 Å². The number of unbranched alkanes of at least 4 members (excludes halogenated alkanes) is 2. The van der Waals surface area contributed by atoms with Gasteiger partial charge in [-0.05, 0) is 30.4 Å². The number of thiophene rings is 1. The Bertz CT molecular complexity index is 438. The average molecular weight is 289 g/mol. The molecule has 0 aliphatic rings. The Morgan fingerprint density at radius 3 is 2.67 bits per heavy atom. The van der Waals surface area contributed by atoms with E-state index in [4.69, 9.17) is 0 Å². The number of aryl methyl sites for hydroxylation is 1. The highest BCUT2D eigenvalue weighted by atomic mass is 32.2. The molecule has 1 heterocycles. The van der Waals surface area contributed by atoms with Crippen molar-refractivity contribution in [3.05, 3.63) is 21.9 Å². The Morgan fingerprint density at radius 1 is 1.28 bits per heavy atom. The fraction of sp³-hybridized carbons (Fsp3) is 0.692. The minimum Gasteiger partial charge on any atom is -0.311 e. The van der Waals surface area contributed by atoms with E-state index in [-0.39, 0.29) is 5.75 Å². The first kappa shape index (κ1) is 15.7. The first-order valence-electron chi connectivity index (χ1n) is 6.49. The van der Waals surface area contributed by atoms with Gasteiger partial charge in [-0.3, -0.25) is 0 Å². The van der Waals surface area contributed by atoms with E-state index in [0.29, 0.717) is 12.3 Å². The van der Waals surface area contributed by atoms with Crippen LogP contribution in [0.15, 0.2) is 11.4 Å². The predicted octanol–water partition coefficient (Wildman–Crippen LogP) is 2.75. The normalized spacial score (nSPS) is 11.9. The minimum atomic E-state index is -2.86. The van der Waals surface area contributed by atoms with Crippen LogP contribution in [0.3, 0.4) is 0 Å². The topological polar surface area (TPSA) is 46.2 Å². The van der Waals surface area contributed by atoms with E-state index in [0.717, 1.165) is 25.8 Å². The molecule has 0 fully saturated rings. The van der Waals surface area contributed by atoms with Gasteiger partial charge in [0.05, 0.1) is 11.5 Å². The molecule has 0 aliphatic carbocycles. The zero-order valence-electron chi connectivity index (χ0n) is 11.2. The third-order valence-electron chi connectivity index (χ3n) is 2.90. The highest BCUT2D eigenvalue weighted by Crippen LogP contribution is 2.14. The van der Waals surface area contributed by atoms with Crippen LogP contribution >= 0.6 is 11.3 Å². The van der Waals surface area contributed by atoms with Crippen molar-refractivity contribution in [3.63, 3.8) is 0 Å². The van der Waals surface area contributed by atoms with Crippen LogP contribution in [-0.2, 0) is 16.4 Å². The zero-order chi connectivity index (χ0) is 13.4. The highest BCUT2D eigenvalue weighted by molar-refractivity contribution is 7.91. The van der Waals surface area contributed by atoms with Crippen molar-refractivity contribution < 1.29 is 8.42 Å². The molecular weight excluding hydrogens is 266 g/mol. The van der Waals surface area contributed by atoms with E-state index in [1.165, 1.54) is 10.4 Å². The van der Waals surface area contributed by atoms with Crippen molar-refractivity contribution in [2.24, 2.45) is 0 Å². The summed E-state index contributed by atoms with van der Waals surface area (Å²) in [5, 5.41) is 5.27. The molecule has 1 rings (SSSR count). The molecule has 0 saturated carbocycles. The van der Waals surface area contributed by atoms with Gasteiger partial charge in [-0.2, -0.15) is 0 Å². The molecule has 0 unspecified atom stereocenters. The fourth-order valence-corrected chi connectivity index (χ4v) is 3.87. The third kappa shape index (κ3) is 5.98. The molecule has 0 spiro atoms. The SMILES string of the molecule is CCCCCS(=O)(=O)CCNCc1sccc1C. The number of hydrogen-bond acceptors (Lipinski definition) is 4. The van der Waals surface area contributed by atoms with E-state index in [1.807, 2.05) is 0 Å². The second kappa shape index (κ2) is 7.92. The Balaban J connectivity index is 2.19.